The Morgan fingerprint density at radius 1 is 1.54 bits per heavy atom. The fourth-order valence-electron chi connectivity index (χ4n) is 0.840. The summed E-state index contributed by atoms with van der Waals surface area (Å²) in [5, 5.41) is 2.02. The Morgan fingerprint density at radius 2 is 2.15 bits per heavy atom. The number of carbonyl (C=O) groups is 3. The van der Waals surface area contributed by atoms with E-state index < -0.39 is 17.9 Å². The van der Waals surface area contributed by atoms with Crippen molar-refractivity contribution in [2.75, 3.05) is 14.2 Å². The predicted octanol–water partition coefficient (Wildman–Crippen LogP) is -0.775. The van der Waals surface area contributed by atoms with Crippen LogP contribution in [-0.2, 0) is 14.3 Å². The summed E-state index contributed by atoms with van der Waals surface area (Å²) in [6, 6.07) is -0.555. The predicted molar refractivity (Wildman–Crippen MR) is 41.4 cm³/mol. The Labute approximate surface area is 74.1 Å². The number of nitrogens with zero attached hydrogens (tertiary/aromatic N) is 1. The van der Waals surface area contributed by atoms with Crippen molar-refractivity contribution in [3.05, 3.63) is 11.8 Å². The molecule has 0 spiro atoms. The van der Waals surface area contributed by atoms with Gasteiger partial charge in [-0.25, -0.2) is 9.59 Å². The molecule has 3 amide bonds. The molecule has 1 fully saturated rings. The molecule has 0 aromatic heterocycles. The van der Waals surface area contributed by atoms with E-state index in [1.807, 2.05) is 5.32 Å². The van der Waals surface area contributed by atoms with Gasteiger partial charge < -0.3 is 4.74 Å². The Hall–Kier alpha value is -1.85. The maximum absolute atomic E-state index is 11.0. The van der Waals surface area contributed by atoms with Crippen molar-refractivity contribution in [2.45, 2.75) is 0 Å². The van der Waals surface area contributed by atoms with Crippen molar-refractivity contribution in [1.82, 2.24) is 10.2 Å². The molecule has 1 aliphatic rings. The summed E-state index contributed by atoms with van der Waals surface area (Å²) in [6.07, 6.45) is 0.959. The molecule has 6 nitrogen and oxygen atoms in total. The lowest BCUT2D eigenvalue weighted by atomic mass is 10.4. The monoisotopic (exact) mass is 184 g/mol. The number of rotatable bonds is 1. The van der Waals surface area contributed by atoms with Gasteiger partial charge in [0.2, 0.25) is 0 Å². The van der Waals surface area contributed by atoms with Gasteiger partial charge in [-0.1, -0.05) is 0 Å². The minimum atomic E-state index is -0.674. The van der Waals surface area contributed by atoms with Crippen LogP contribution in [0.15, 0.2) is 11.8 Å². The molecule has 1 heterocycles. The van der Waals surface area contributed by atoms with Crippen LogP contribution in [0, 0.1) is 0 Å². The molecule has 0 aromatic rings. The van der Waals surface area contributed by atoms with Crippen molar-refractivity contribution in [3.8, 4) is 0 Å². The summed E-state index contributed by atoms with van der Waals surface area (Å²) in [5.41, 5.74) is -0.0168. The number of hydrogen-bond donors (Lipinski definition) is 1. The molecule has 6 heteroatoms. The number of esters is 1. The molecule has 0 saturated carbocycles. The molecule has 1 aliphatic heterocycles. The SMILES string of the molecule is COC(=O)/C=C1/C(=O)NC(=O)N1C. The van der Waals surface area contributed by atoms with Crippen LogP contribution in [0.4, 0.5) is 4.79 Å². The Balaban J connectivity index is 2.91. The summed E-state index contributed by atoms with van der Waals surface area (Å²) >= 11 is 0. The normalized spacial score (nSPS) is 19.2. The zero-order valence-corrected chi connectivity index (χ0v) is 7.16. The number of ether oxygens (including phenoxy) is 1. The first kappa shape index (κ1) is 9.24. The first-order chi connectivity index (χ1) is 6.06. The molecule has 0 aromatic carbocycles. The summed E-state index contributed by atoms with van der Waals surface area (Å²) in [7, 11) is 2.57. The fourth-order valence-corrected chi connectivity index (χ4v) is 0.840. The first-order valence-corrected chi connectivity index (χ1v) is 3.45. The number of carbonyl (C=O) groups excluding carboxylic acids is 3. The van der Waals surface area contributed by atoms with Gasteiger partial charge in [-0.05, 0) is 0 Å². The molecule has 0 unspecified atom stereocenters. The van der Waals surface area contributed by atoms with E-state index in [0.717, 1.165) is 11.0 Å². The summed E-state index contributed by atoms with van der Waals surface area (Å²) in [6.45, 7) is 0. The number of likely N-dealkylation sites (N-methyl/N-ethyl adjacent to an activating group) is 1. The van der Waals surface area contributed by atoms with Crippen molar-refractivity contribution in [1.29, 1.82) is 0 Å². The molecule has 0 atom stereocenters. The van der Waals surface area contributed by atoms with Gasteiger partial charge in [-0.3, -0.25) is 15.0 Å². The third kappa shape index (κ3) is 1.66. The van der Waals surface area contributed by atoms with E-state index >= 15 is 0 Å². The molecule has 1 rings (SSSR count). The van der Waals surface area contributed by atoms with Gasteiger partial charge in [0.25, 0.3) is 5.91 Å². The van der Waals surface area contributed by atoms with E-state index in [-0.39, 0.29) is 5.70 Å². The van der Waals surface area contributed by atoms with E-state index in [1.54, 1.807) is 0 Å². The maximum Gasteiger partial charge on any atom is 0.332 e. The molecule has 0 bridgehead atoms. The van der Waals surface area contributed by atoms with Crippen LogP contribution in [0.25, 0.3) is 0 Å². The van der Waals surface area contributed by atoms with Gasteiger partial charge in [0.15, 0.2) is 0 Å². The van der Waals surface area contributed by atoms with E-state index in [4.69, 9.17) is 0 Å². The Bertz CT molecular complexity index is 308. The van der Waals surface area contributed by atoms with E-state index in [9.17, 15) is 14.4 Å². The van der Waals surface area contributed by atoms with Crippen LogP contribution in [0.2, 0.25) is 0 Å². The van der Waals surface area contributed by atoms with Gasteiger partial charge in [0.1, 0.15) is 5.70 Å². The van der Waals surface area contributed by atoms with Gasteiger partial charge in [-0.15, -0.1) is 0 Å². The second-order valence-electron chi connectivity index (χ2n) is 2.37. The smallest absolute Gasteiger partial charge is 0.332 e. The third-order valence-corrected chi connectivity index (χ3v) is 1.57. The van der Waals surface area contributed by atoms with Crippen LogP contribution >= 0.6 is 0 Å². The summed E-state index contributed by atoms with van der Waals surface area (Å²) in [5.74, 6) is -1.27. The Morgan fingerprint density at radius 3 is 2.54 bits per heavy atom. The molecule has 0 radical (unpaired) electrons. The van der Waals surface area contributed by atoms with E-state index in [2.05, 4.69) is 4.74 Å². The van der Waals surface area contributed by atoms with Crippen LogP contribution in [0.5, 0.6) is 0 Å². The average molecular weight is 184 g/mol. The van der Waals surface area contributed by atoms with Crippen molar-refractivity contribution in [2.24, 2.45) is 0 Å². The van der Waals surface area contributed by atoms with Crippen molar-refractivity contribution >= 4 is 17.9 Å². The van der Waals surface area contributed by atoms with Crippen LogP contribution in [0.1, 0.15) is 0 Å². The second kappa shape index (κ2) is 3.26. The lowest BCUT2D eigenvalue weighted by Gasteiger charge is -2.05. The zero-order valence-electron chi connectivity index (χ0n) is 7.16. The molecule has 70 valence electrons. The lowest BCUT2D eigenvalue weighted by molar-refractivity contribution is -0.135. The van der Waals surface area contributed by atoms with E-state index in [0.29, 0.717) is 0 Å². The number of imide groups is 1. The highest BCUT2D eigenvalue weighted by Gasteiger charge is 2.30. The minimum absolute atomic E-state index is 0.0168. The number of methoxy groups -OCH3 is 1. The Kier molecular flexibility index (Phi) is 2.32. The minimum Gasteiger partial charge on any atom is -0.466 e. The van der Waals surface area contributed by atoms with Gasteiger partial charge in [0, 0.05) is 7.05 Å². The highest BCUT2D eigenvalue weighted by atomic mass is 16.5. The topological polar surface area (TPSA) is 75.7 Å². The van der Waals surface area contributed by atoms with Crippen molar-refractivity contribution < 1.29 is 19.1 Å². The molecule has 1 N–H and O–H groups in total. The quantitative estimate of drug-likeness (QED) is 0.329. The van der Waals surface area contributed by atoms with Gasteiger partial charge in [-0.2, -0.15) is 0 Å². The van der Waals surface area contributed by atoms with Crippen LogP contribution in [-0.4, -0.2) is 37.0 Å². The molecule has 1 saturated heterocycles. The highest BCUT2D eigenvalue weighted by Crippen LogP contribution is 2.09. The first-order valence-electron chi connectivity index (χ1n) is 3.45. The van der Waals surface area contributed by atoms with Crippen LogP contribution < -0.4 is 5.32 Å². The standard InChI is InChI=1S/C7H8N2O4/c1-9-4(3-5(10)13-2)6(11)8-7(9)12/h3H,1-2H3,(H,8,11,12)/b4-3-. The molecular formula is C7H8N2O4. The maximum atomic E-state index is 11.0. The van der Waals surface area contributed by atoms with E-state index in [1.165, 1.54) is 14.2 Å². The van der Waals surface area contributed by atoms with Gasteiger partial charge >= 0.3 is 12.0 Å². The number of urea groups is 1. The molecular weight excluding hydrogens is 176 g/mol. The third-order valence-electron chi connectivity index (χ3n) is 1.57. The summed E-state index contributed by atoms with van der Waals surface area (Å²) in [4.78, 5) is 33.7. The van der Waals surface area contributed by atoms with Crippen molar-refractivity contribution in [3.63, 3.8) is 0 Å². The second-order valence-corrected chi connectivity index (χ2v) is 2.37. The zero-order chi connectivity index (χ0) is 10.0. The molecule has 0 aliphatic carbocycles. The fraction of sp³-hybridized carbons (Fsp3) is 0.286. The largest absolute Gasteiger partial charge is 0.466 e. The highest BCUT2D eigenvalue weighted by molar-refractivity contribution is 6.13. The van der Waals surface area contributed by atoms with Gasteiger partial charge in [0.05, 0.1) is 13.2 Å². The van der Waals surface area contributed by atoms with Crippen LogP contribution in [0.3, 0.4) is 0 Å². The lowest BCUT2D eigenvalue weighted by Crippen LogP contribution is -2.24. The number of amides is 3. The summed E-state index contributed by atoms with van der Waals surface area (Å²) < 4.78 is 4.31. The number of nitrogens with one attached hydrogen (secondary N) is 1. The average Bonchev–Trinajstić information content (AvgIpc) is 2.32. The number of hydrogen-bond acceptors (Lipinski definition) is 4. The molecule has 13 heavy (non-hydrogen) atoms.